The number of fused-ring (bicyclic) bond motifs is 2. The summed E-state index contributed by atoms with van der Waals surface area (Å²) in [6.45, 7) is 3.75. The topological polar surface area (TPSA) is 78.3 Å². The molecule has 6 nitrogen and oxygen atoms in total. The Balaban J connectivity index is 1.57. The second-order valence-corrected chi connectivity index (χ2v) is 9.11. The number of rotatable bonds is 2. The predicted molar refractivity (Wildman–Crippen MR) is 99.6 cm³/mol. The van der Waals surface area contributed by atoms with Crippen LogP contribution in [0.3, 0.4) is 0 Å². The molecule has 9 heteroatoms. The summed E-state index contributed by atoms with van der Waals surface area (Å²) in [6, 6.07) is -0.733. The summed E-state index contributed by atoms with van der Waals surface area (Å²) >= 11 is 0. The highest BCUT2D eigenvalue weighted by molar-refractivity contribution is 5.71. The van der Waals surface area contributed by atoms with E-state index in [0.717, 1.165) is 12.8 Å². The molecule has 0 aromatic carbocycles. The molecule has 1 aromatic heterocycles. The van der Waals surface area contributed by atoms with Gasteiger partial charge in [0.05, 0.1) is 11.6 Å². The molecule has 4 aliphatic rings. The van der Waals surface area contributed by atoms with Gasteiger partial charge in [0, 0.05) is 43.1 Å². The minimum atomic E-state index is -3.10. The van der Waals surface area contributed by atoms with Crippen LogP contribution >= 0.6 is 0 Å². The third kappa shape index (κ3) is 2.63. The van der Waals surface area contributed by atoms with Crippen LogP contribution in [0.1, 0.15) is 56.3 Å². The van der Waals surface area contributed by atoms with Gasteiger partial charge in [0.1, 0.15) is 11.9 Å². The Hall–Kier alpha value is -1.87. The first-order valence-electron chi connectivity index (χ1n) is 10.2. The normalized spacial score (nSPS) is 36.4. The number of nitrogens with one attached hydrogen (secondary N) is 1. The maximum absolute atomic E-state index is 15.5. The Morgan fingerprint density at radius 3 is 2.52 bits per heavy atom. The highest BCUT2D eigenvalue weighted by atomic mass is 19.3. The first-order chi connectivity index (χ1) is 13.6. The molecule has 1 aliphatic heterocycles. The lowest BCUT2D eigenvalue weighted by atomic mass is 9.83. The van der Waals surface area contributed by atoms with Gasteiger partial charge >= 0.3 is 5.69 Å². The van der Waals surface area contributed by atoms with E-state index >= 15 is 4.39 Å². The summed E-state index contributed by atoms with van der Waals surface area (Å²) in [5.74, 6) is -5.04. The molecular weight excluding hydrogens is 387 g/mol. The van der Waals surface area contributed by atoms with Crippen molar-refractivity contribution in [3.05, 3.63) is 37.9 Å². The van der Waals surface area contributed by atoms with Gasteiger partial charge in [0.15, 0.2) is 0 Å². The monoisotopic (exact) mass is 411 g/mol. The SMILES string of the molecule is CC1=C(F)C(N2CC3CC(F)(F)C(O)C3C2)C(C)c2c1c(=O)[nH]c(=O)n2C1CC1. The van der Waals surface area contributed by atoms with Gasteiger partial charge in [-0.1, -0.05) is 6.92 Å². The average molecular weight is 411 g/mol. The summed E-state index contributed by atoms with van der Waals surface area (Å²) in [4.78, 5) is 29.1. The van der Waals surface area contributed by atoms with Crippen molar-refractivity contribution >= 4 is 5.57 Å². The smallest absolute Gasteiger partial charge is 0.328 e. The van der Waals surface area contributed by atoms with Crippen molar-refractivity contribution in [2.45, 2.75) is 63.1 Å². The quantitative estimate of drug-likeness (QED) is 0.781. The van der Waals surface area contributed by atoms with E-state index in [1.807, 2.05) is 4.90 Å². The molecule has 3 fully saturated rings. The second-order valence-electron chi connectivity index (χ2n) is 9.11. The Labute approximate surface area is 165 Å². The van der Waals surface area contributed by atoms with Crippen LogP contribution in [0.4, 0.5) is 13.2 Å². The van der Waals surface area contributed by atoms with Crippen LogP contribution in [-0.4, -0.2) is 50.7 Å². The van der Waals surface area contributed by atoms with Crippen molar-refractivity contribution in [2.75, 3.05) is 13.1 Å². The van der Waals surface area contributed by atoms with Crippen molar-refractivity contribution in [2.24, 2.45) is 11.8 Å². The zero-order valence-electron chi connectivity index (χ0n) is 16.3. The first kappa shape index (κ1) is 19.1. The lowest BCUT2D eigenvalue weighted by Gasteiger charge is -2.38. The van der Waals surface area contributed by atoms with Gasteiger partial charge in [-0.05, 0) is 31.3 Å². The highest BCUT2D eigenvalue weighted by Crippen LogP contribution is 2.50. The van der Waals surface area contributed by atoms with Gasteiger partial charge < -0.3 is 5.11 Å². The first-order valence-corrected chi connectivity index (χ1v) is 10.2. The van der Waals surface area contributed by atoms with Crippen LogP contribution < -0.4 is 11.2 Å². The van der Waals surface area contributed by atoms with Crippen LogP contribution in [0.2, 0.25) is 0 Å². The lowest BCUT2D eigenvalue weighted by Crippen LogP contribution is -2.46. The molecule has 0 spiro atoms. The molecular formula is C20H24F3N3O3. The van der Waals surface area contributed by atoms with Gasteiger partial charge in [-0.3, -0.25) is 19.2 Å². The summed E-state index contributed by atoms with van der Waals surface area (Å²) in [6.07, 6.45) is -0.458. The number of H-pyrrole nitrogens is 1. The molecule has 0 bridgehead atoms. The number of aliphatic hydroxyl groups is 1. The van der Waals surface area contributed by atoms with Crippen molar-refractivity contribution in [3.63, 3.8) is 0 Å². The molecule has 2 heterocycles. The summed E-state index contributed by atoms with van der Waals surface area (Å²) in [7, 11) is 0. The third-order valence-corrected chi connectivity index (χ3v) is 7.28. The molecule has 5 rings (SSSR count). The molecule has 5 atom stereocenters. The number of hydrogen-bond acceptors (Lipinski definition) is 4. The molecule has 158 valence electrons. The number of aromatic amines is 1. The maximum atomic E-state index is 15.5. The summed E-state index contributed by atoms with van der Waals surface area (Å²) in [5.41, 5.74) is -0.128. The van der Waals surface area contributed by atoms with E-state index in [4.69, 9.17) is 0 Å². The number of aromatic nitrogens is 2. The number of halogens is 3. The molecule has 0 amide bonds. The number of hydrogen-bond donors (Lipinski definition) is 2. The van der Waals surface area contributed by atoms with Gasteiger partial charge in [-0.15, -0.1) is 0 Å². The van der Waals surface area contributed by atoms with E-state index in [9.17, 15) is 23.5 Å². The fourth-order valence-electron chi connectivity index (χ4n) is 5.77. The zero-order valence-corrected chi connectivity index (χ0v) is 16.3. The predicted octanol–water partition coefficient (Wildman–Crippen LogP) is 2.01. The van der Waals surface area contributed by atoms with Crippen molar-refractivity contribution in [1.82, 2.24) is 14.5 Å². The van der Waals surface area contributed by atoms with E-state index in [-0.39, 0.29) is 30.3 Å². The Kier molecular flexibility index (Phi) is 4.00. The maximum Gasteiger partial charge on any atom is 0.328 e. The van der Waals surface area contributed by atoms with E-state index < -0.39 is 59.3 Å². The fraction of sp³-hybridized carbons (Fsp3) is 0.700. The van der Waals surface area contributed by atoms with Crippen LogP contribution in [0.25, 0.3) is 5.57 Å². The standard InChI is InChI=1S/C20H24F3N3O3/c1-8-13-15(26(11-3-4-11)19(29)24-18(13)28)9(2)16(14(8)21)25-6-10-5-20(22,23)17(27)12(10)7-25/h9-12,16-17,27H,3-7H2,1-2H3,(H,24,28,29). The van der Waals surface area contributed by atoms with Gasteiger partial charge in [0.2, 0.25) is 0 Å². The minimum Gasteiger partial charge on any atom is -0.387 e. The van der Waals surface area contributed by atoms with E-state index in [0.29, 0.717) is 5.69 Å². The largest absolute Gasteiger partial charge is 0.387 e. The number of aliphatic hydroxyl groups excluding tert-OH is 1. The Morgan fingerprint density at radius 2 is 1.90 bits per heavy atom. The van der Waals surface area contributed by atoms with Crippen molar-refractivity contribution in [1.29, 1.82) is 0 Å². The van der Waals surface area contributed by atoms with E-state index in [2.05, 4.69) is 4.98 Å². The van der Waals surface area contributed by atoms with Crippen LogP contribution in [0.5, 0.6) is 0 Å². The number of nitrogens with zero attached hydrogens (tertiary/aromatic N) is 2. The summed E-state index contributed by atoms with van der Waals surface area (Å²) < 4.78 is 44.8. The number of alkyl halides is 2. The molecule has 2 N–H and O–H groups in total. The van der Waals surface area contributed by atoms with Gasteiger partial charge in [-0.2, -0.15) is 0 Å². The Morgan fingerprint density at radius 1 is 1.21 bits per heavy atom. The average Bonchev–Trinajstić information content (AvgIpc) is 3.35. The van der Waals surface area contributed by atoms with Gasteiger partial charge in [0.25, 0.3) is 11.5 Å². The zero-order chi connectivity index (χ0) is 20.8. The molecule has 2 saturated carbocycles. The second kappa shape index (κ2) is 6.07. The molecule has 5 unspecified atom stereocenters. The molecule has 0 radical (unpaired) electrons. The molecule has 29 heavy (non-hydrogen) atoms. The van der Waals surface area contributed by atoms with Crippen LogP contribution in [0.15, 0.2) is 15.4 Å². The molecule has 1 saturated heterocycles. The van der Waals surface area contributed by atoms with Crippen LogP contribution in [-0.2, 0) is 0 Å². The fourth-order valence-corrected chi connectivity index (χ4v) is 5.77. The Bertz CT molecular complexity index is 1030. The lowest BCUT2D eigenvalue weighted by molar-refractivity contribution is -0.101. The number of likely N-dealkylation sites (tertiary alicyclic amines) is 1. The highest BCUT2D eigenvalue weighted by Gasteiger charge is 2.59. The third-order valence-electron chi connectivity index (χ3n) is 7.28. The molecule has 1 aromatic rings. The minimum absolute atomic E-state index is 0.00336. The summed E-state index contributed by atoms with van der Waals surface area (Å²) in [5, 5.41) is 10.0. The van der Waals surface area contributed by atoms with Crippen molar-refractivity contribution < 1.29 is 18.3 Å². The van der Waals surface area contributed by atoms with E-state index in [1.165, 1.54) is 6.92 Å². The van der Waals surface area contributed by atoms with Crippen molar-refractivity contribution in [3.8, 4) is 0 Å². The number of allylic oxidation sites excluding steroid dienone is 1. The molecule has 3 aliphatic carbocycles. The van der Waals surface area contributed by atoms with E-state index in [1.54, 1.807) is 11.5 Å². The van der Waals surface area contributed by atoms with Gasteiger partial charge in [-0.25, -0.2) is 18.0 Å². The van der Waals surface area contributed by atoms with Crippen LogP contribution in [0, 0.1) is 11.8 Å².